The van der Waals surface area contributed by atoms with Crippen molar-refractivity contribution >= 4 is 29.1 Å². The van der Waals surface area contributed by atoms with Crippen LogP contribution in [0, 0.1) is 0 Å². The summed E-state index contributed by atoms with van der Waals surface area (Å²) in [6, 6.07) is 29.9. The SMILES string of the molecule is Cp1c(Nc2ccccc2)c(-c2ccccc2)c2ccccc21. The van der Waals surface area contributed by atoms with Crippen LogP contribution in [0.15, 0.2) is 84.9 Å². The third-order valence-corrected chi connectivity index (χ3v) is 6.32. The summed E-state index contributed by atoms with van der Waals surface area (Å²) < 4.78 is 0. The third-order valence-electron chi connectivity index (χ3n) is 4.21. The van der Waals surface area contributed by atoms with Gasteiger partial charge in [0.2, 0.25) is 0 Å². The maximum absolute atomic E-state index is 3.69. The summed E-state index contributed by atoms with van der Waals surface area (Å²) in [6.45, 7) is 2.34. The lowest BCUT2D eigenvalue weighted by molar-refractivity contribution is 1.60. The van der Waals surface area contributed by atoms with E-state index in [1.807, 2.05) is 0 Å². The largest absolute Gasteiger partial charge is 0.352 e. The first-order valence-corrected chi connectivity index (χ1v) is 9.58. The Morgan fingerprint density at radius 2 is 1.30 bits per heavy atom. The second-order valence-corrected chi connectivity index (χ2v) is 7.70. The van der Waals surface area contributed by atoms with Gasteiger partial charge in [0.1, 0.15) is 0 Å². The molecule has 1 nitrogen and oxygen atoms in total. The predicted octanol–water partition coefficient (Wildman–Crippen LogP) is 6.77. The van der Waals surface area contributed by atoms with Crippen molar-refractivity contribution in [2.45, 2.75) is 0 Å². The van der Waals surface area contributed by atoms with E-state index in [-0.39, 0.29) is 7.53 Å². The molecule has 0 aliphatic rings. The molecular formula is C21H18NP. The number of fused-ring (bicyclic) bond motifs is 1. The minimum atomic E-state index is -0.362. The van der Waals surface area contributed by atoms with Gasteiger partial charge in [0.25, 0.3) is 0 Å². The standard InChI is InChI=1S/C21H18NP/c1-23-19-15-9-8-14-18(19)20(16-10-4-2-5-11-16)21(23)22-17-12-6-3-7-13-17/h2-15,22H,1H3. The minimum Gasteiger partial charge on any atom is -0.352 e. The van der Waals surface area contributed by atoms with Gasteiger partial charge in [-0.25, -0.2) is 0 Å². The number of hydrogen-bond acceptors (Lipinski definition) is 1. The highest BCUT2D eigenvalue weighted by Gasteiger charge is 2.16. The Balaban J connectivity index is 1.97. The molecule has 0 bridgehead atoms. The fourth-order valence-electron chi connectivity index (χ4n) is 3.09. The molecule has 2 heteroatoms. The van der Waals surface area contributed by atoms with Crippen LogP contribution in [0.3, 0.4) is 0 Å². The number of para-hydroxylation sites is 1. The number of hydrogen-bond donors (Lipinski definition) is 1. The van der Waals surface area contributed by atoms with Gasteiger partial charge < -0.3 is 5.32 Å². The van der Waals surface area contributed by atoms with Crippen LogP contribution < -0.4 is 5.32 Å². The molecule has 0 spiro atoms. The first-order chi connectivity index (χ1) is 11.3. The summed E-state index contributed by atoms with van der Waals surface area (Å²) in [5.41, 5.74) is 5.13. The first-order valence-electron chi connectivity index (χ1n) is 7.79. The van der Waals surface area contributed by atoms with Crippen molar-refractivity contribution in [3.63, 3.8) is 0 Å². The molecule has 0 saturated heterocycles. The fraction of sp³-hybridized carbons (Fsp3) is 0.0476. The molecule has 4 aromatic rings. The Hall–Kier alpha value is -2.50. The van der Waals surface area contributed by atoms with Gasteiger partial charge in [-0.1, -0.05) is 80.3 Å². The Morgan fingerprint density at radius 1 is 0.696 bits per heavy atom. The zero-order chi connectivity index (χ0) is 15.6. The molecule has 0 aliphatic heterocycles. The van der Waals surface area contributed by atoms with E-state index in [9.17, 15) is 0 Å². The summed E-state index contributed by atoms with van der Waals surface area (Å²) in [7, 11) is -0.362. The molecule has 0 radical (unpaired) electrons. The molecule has 0 aliphatic carbocycles. The average Bonchev–Trinajstić information content (AvgIpc) is 2.89. The van der Waals surface area contributed by atoms with Crippen LogP contribution in [0.25, 0.3) is 21.6 Å². The lowest BCUT2D eigenvalue weighted by atomic mass is 10.0. The second-order valence-electron chi connectivity index (χ2n) is 5.66. The van der Waals surface area contributed by atoms with Gasteiger partial charge in [0.15, 0.2) is 0 Å². The normalized spacial score (nSPS) is 11.6. The maximum atomic E-state index is 3.69. The molecule has 112 valence electrons. The van der Waals surface area contributed by atoms with Gasteiger partial charge in [-0.15, -0.1) is 0 Å². The summed E-state index contributed by atoms with van der Waals surface area (Å²) >= 11 is 0. The molecule has 3 aromatic carbocycles. The van der Waals surface area contributed by atoms with E-state index in [1.165, 1.54) is 27.1 Å². The van der Waals surface area contributed by atoms with E-state index in [4.69, 9.17) is 0 Å². The Morgan fingerprint density at radius 3 is 2.04 bits per heavy atom. The Bertz CT molecular complexity index is 940. The van der Waals surface area contributed by atoms with Gasteiger partial charge in [-0.3, -0.25) is 0 Å². The van der Waals surface area contributed by atoms with E-state index in [2.05, 4.69) is 96.9 Å². The van der Waals surface area contributed by atoms with Crippen molar-refractivity contribution in [2.24, 2.45) is 6.66 Å². The van der Waals surface area contributed by atoms with E-state index in [1.54, 1.807) is 0 Å². The van der Waals surface area contributed by atoms with Crippen LogP contribution in [0.2, 0.25) is 0 Å². The summed E-state index contributed by atoms with van der Waals surface area (Å²) in [6.07, 6.45) is 0. The number of anilines is 2. The van der Waals surface area contributed by atoms with Crippen molar-refractivity contribution in [3.8, 4) is 11.1 Å². The monoisotopic (exact) mass is 315 g/mol. The maximum Gasteiger partial charge on any atom is 0.0667 e. The number of aryl methyl sites for hydroxylation is 1. The van der Waals surface area contributed by atoms with Crippen LogP contribution in [0.4, 0.5) is 11.1 Å². The molecule has 1 N–H and O–H groups in total. The van der Waals surface area contributed by atoms with Crippen LogP contribution in [0.5, 0.6) is 0 Å². The highest BCUT2D eigenvalue weighted by atomic mass is 31.1. The Kier molecular flexibility index (Phi) is 3.65. The van der Waals surface area contributed by atoms with Crippen LogP contribution in [-0.2, 0) is 6.66 Å². The molecule has 1 aromatic heterocycles. The Labute approximate surface area is 137 Å². The molecular weight excluding hydrogens is 297 g/mol. The van der Waals surface area contributed by atoms with Crippen molar-refractivity contribution < 1.29 is 0 Å². The topological polar surface area (TPSA) is 12.0 Å². The quantitative estimate of drug-likeness (QED) is 0.439. The molecule has 4 rings (SSSR count). The van der Waals surface area contributed by atoms with E-state index in [0.29, 0.717) is 0 Å². The molecule has 1 unspecified atom stereocenters. The third kappa shape index (κ3) is 2.54. The summed E-state index contributed by atoms with van der Waals surface area (Å²) in [5, 5.41) is 6.52. The lowest BCUT2D eigenvalue weighted by Crippen LogP contribution is -1.89. The smallest absolute Gasteiger partial charge is 0.0667 e. The average molecular weight is 315 g/mol. The van der Waals surface area contributed by atoms with Crippen molar-refractivity contribution in [3.05, 3.63) is 84.9 Å². The molecule has 0 amide bonds. The second kappa shape index (κ2) is 5.95. The first kappa shape index (κ1) is 14.1. The van der Waals surface area contributed by atoms with Gasteiger partial charge in [0.05, 0.1) is 5.42 Å². The molecule has 0 fully saturated rings. The summed E-state index contributed by atoms with van der Waals surface area (Å²) in [5.74, 6) is 0. The van der Waals surface area contributed by atoms with Crippen LogP contribution in [-0.4, -0.2) is 0 Å². The van der Waals surface area contributed by atoms with Gasteiger partial charge in [-0.05, 0) is 29.7 Å². The molecule has 1 heterocycles. The zero-order valence-electron chi connectivity index (χ0n) is 13.0. The van der Waals surface area contributed by atoms with Crippen molar-refractivity contribution in [1.29, 1.82) is 0 Å². The van der Waals surface area contributed by atoms with E-state index >= 15 is 0 Å². The highest BCUT2D eigenvalue weighted by molar-refractivity contribution is 7.58. The fourth-order valence-corrected chi connectivity index (χ4v) is 5.07. The van der Waals surface area contributed by atoms with E-state index in [0.717, 1.165) is 5.69 Å². The minimum absolute atomic E-state index is 0.362. The van der Waals surface area contributed by atoms with Crippen molar-refractivity contribution in [1.82, 2.24) is 0 Å². The van der Waals surface area contributed by atoms with Gasteiger partial charge in [-0.2, -0.15) is 0 Å². The van der Waals surface area contributed by atoms with Crippen LogP contribution >= 0.6 is 7.53 Å². The number of rotatable bonds is 3. The van der Waals surface area contributed by atoms with Crippen LogP contribution in [0.1, 0.15) is 0 Å². The molecule has 0 saturated carbocycles. The number of nitrogens with one attached hydrogen (secondary N) is 1. The van der Waals surface area contributed by atoms with E-state index < -0.39 is 0 Å². The lowest BCUT2D eigenvalue weighted by Gasteiger charge is -2.11. The summed E-state index contributed by atoms with van der Waals surface area (Å²) in [4.78, 5) is 0. The molecule has 23 heavy (non-hydrogen) atoms. The predicted molar refractivity (Wildman–Crippen MR) is 103 cm³/mol. The zero-order valence-corrected chi connectivity index (χ0v) is 13.9. The van der Waals surface area contributed by atoms with Crippen molar-refractivity contribution in [2.75, 3.05) is 5.32 Å². The van der Waals surface area contributed by atoms with Gasteiger partial charge in [0, 0.05) is 16.4 Å². The molecule has 1 atom stereocenters. The number of benzene rings is 3. The van der Waals surface area contributed by atoms with Gasteiger partial charge >= 0.3 is 0 Å². The highest BCUT2D eigenvalue weighted by Crippen LogP contribution is 2.54.